The molecule has 0 radical (unpaired) electrons. The van der Waals surface area contributed by atoms with Crippen molar-refractivity contribution < 1.29 is 23.2 Å². The molecule has 0 aliphatic carbocycles. The minimum Gasteiger partial charge on any atom is -0.467 e. The maximum absolute atomic E-state index is 13.1. The third kappa shape index (κ3) is 3.58. The molecule has 4 aromatic rings. The molecule has 0 atom stereocenters. The molecule has 0 unspecified atom stereocenters. The lowest BCUT2D eigenvalue weighted by molar-refractivity contribution is 0.0631. The number of fused-ring (bicyclic) bond motifs is 1. The van der Waals surface area contributed by atoms with Crippen LogP contribution in [0.4, 0.5) is 9.52 Å². The average Bonchev–Trinajstić information content (AvgIpc) is 3.53. The summed E-state index contributed by atoms with van der Waals surface area (Å²) < 4.78 is 18.3. The van der Waals surface area contributed by atoms with Crippen LogP contribution in [0.25, 0.3) is 11.3 Å². The number of hydrogen-bond donors (Lipinski definition) is 1. The van der Waals surface area contributed by atoms with E-state index in [-0.39, 0.29) is 29.1 Å². The van der Waals surface area contributed by atoms with E-state index in [9.17, 15) is 18.8 Å². The molecule has 0 spiro atoms. The average molecular weight is 447 g/mol. The van der Waals surface area contributed by atoms with Gasteiger partial charge in [0, 0.05) is 16.5 Å². The molecule has 5 rings (SSSR count). The second-order valence-electron chi connectivity index (χ2n) is 7.04. The molecule has 2 aromatic carbocycles. The molecule has 0 bridgehead atoms. The fraction of sp³-hybridized carbons (Fsp3) is 0.0435. The van der Waals surface area contributed by atoms with Gasteiger partial charge in [0.15, 0.2) is 5.13 Å². The van der Waals surface area contributed by atoms with Crippen molar-refractivity contribution in [1.29, 1.82) is 0 Å². The van der Waals surface area contributed by atoms with Crippen molar-refractivity contribution in [1.82, 2.24) is 9.88 Å². The van der Waals surface area contributed by atoms with E-state index in [1.807, 2.05) is 0 Å². The lowest BCUT2D eigenvalue weighted by Crippen LogP contribution is -2.28. The molecule has 1 N–H and O–H groups in total. The third-order valence-electron chi connectivity index (χ3n) is 4.99. The van der Waals surface area contributed by atoms with E-state index in [1.54, 1.807) is 29.6 Å². The molecular weight excluding hydrogens is 433 g/mol. The van der Waals surface area contributed by atoms with Gasteiger partial charge in [-0.1, -0.05) is 0 Å². The number of furan rings is 1. The number of nitrogens with one attached hydrogen (secondary N) is 1. The van der Waals surface area contributed by atoms with E-state index in [1.165, 1.54) is 47.9 Å². The van der Waals surface area contributed by atoms with Crippen LogP contribution in [-0.4, -0.2) is 27.6 Å². The van der Waals surface area contributed by atoms with Gasteiger partial charge in [0.2, 0.25) is 0 Å². The Labute approximate surface area is 185 Å². The molecule has 9 heteroatoms. The molecule has 2 aromatic heterocycles. The van der Waals surface area contributed by atoms with Gasteiger partial charge >= 0.3 is 0 Å². The van der Waals surface area contributed by atoms with Crippen molar-refractivity contribution >= 4 is 34.2 Å². The molecule has 158 valence electrons. The Bertz CT molecular complexity index is 1350. The zero-order valence-electron chi connectivity index (χ0n) is 16.4. The van der Waals surface area contributed by atoms with E-state index in [2.05, 4.69) is 10.3 Å². The summed E-state index contributed by atoms with van der Waals surface area (Å²) in [6.45, 7) is 0.0200. The molecule has 3 amide bonds. The number of amides is 3. The fourth-order valence-electron chi connectivity index (χ4n) is 3.39. The SMILES string of the molecule is O=C(Nc1nc(-c2ccc(F)cc2)cs1)c1ccc2c(c1)C(=O)N(Cc1ccco1)C2=O. The third-order valence-corrected chi connectivity index (χ3v) is 5.75. The predicted octanol–water partition coefficient (Wildman–Crippen LogP) is 4.59. The summed E-state index contributed by atoms with van der Waals surface area (Å²) >= 11 is 1.22. The second kappa shape index (κ2) is 7.86. The van der Waals surface area contributed by atoms with Gasteiger partial charge in [0.25, 0.3) is 17.7 Å². The zero-order valence-corrected chi connectivity index (χ0v) is 17.2. The highest BCUT2D eigenvalue weighted by Gasteiger charge is 2.36. The predicted molar refractivity (Wildman–Crippen MR) is 115 cm³/mol. The number of hydrogen-bond acceptors (Lipinski definition) is 6. The number of carbonyl (C=O) groups is 3. The van der Waals surface area contributed by atoms with E-state index in [0.29, 0.717) is 16.6 Å². The maximum atomic E-state index is 13.1. The zero-order chi connectivity index (χ0) is 22.2. The minimum absolute atomic E-state index is 0.0200. The standard InChI is InChI=1S/C23H14FN3O4S/c24-15-6-3-13(4-7-15)19-12-32-23(25-19)26-20(28)14-5-8-17-18(10-14)22(30)27(21(17)29)11-16-2-1-9-31-16/h1-10,12H,11H2,(H,25,26,28). The van der Waals surface area contributed by atoms with Gasteiger partial charge < -0.3 is 4.42 Å². The van der Waals surface area contributed by atoms with Crippen molar-refractivity contribution in [3.8, 4) is 11.3 Å². The van der Waals surface area contributed by atoms with Crippen LogP contribution < -0.4 is 5.32 Å². The summed E-state index contributed by atoms with van der Waals surface area (Å²) in [5.41, 5.74) is 1.96. The second-order valence-corrected chi connectivity index (χ2v) is 7.89. The Morgan fingerprint density at radius 2 is 1.84 bits per heavy atom. The van der Waals surface area contributed by atoms with Crippen LogP contribution in [0.1, 0.15) is 36.8 Å². The lowest BCUT2D eigenvalue weighted by Gasteiger charge is -2.11. The summed E-state index contributed by atoms with van der Waals surface area (Å²) in [4.78, 5) is 43.5. The fourth-order valence-corrected chi connectivity index (χ4v) is 4.10. The Hall–Kier alpha value is -4.11. The first kappa shape index (κ1) is 19.8. The van der Waals surface area contributed by atoms with Crippen molar-refractivity contribution in [3.63, 3.8) is 0 Å². The van der Waals surface area contributed by atoms with Gasteiger partial charge in [-0.15, -0.1) is 11.3 Å². The molecule has 0 saturated carbocycles. The largest absolute Gasteiger partial charge is 0.467 e. The highest BCUT2D eigenvalue weighted by Crippen LogP contribution is 2.28. The lowest BCUT2D eigenvalue weighted by atomic mass is 10.1. The molecular formula is C23H14FN3O4S. The van der Waals surface area contributed by atoms with Crippen LogP contribution >= 0.6 is 11.3 Å². The van der Waals surface area contributed by atoms with E-state index in [0.717, 1.165) is 10.5 Å². The molecule has 3 heterocycles. The Morgan fingerprint density at radius 3 is 2.59 bits per heavy atom. The van der Waals surface area contributed by atoms with Crippen LogP contribution in [0.15, 0.2) is 70.7 Å². The number of anilines is 1. The maximum Gasteiger partial charge on any atom is 0.261 e. The number of rotatable bonds is 5. The molecule has 1 aliphatic rings. The van der Waals surface area contributed by atoms with E-state index < -0.39 is 17.7 Å². The monoisotopic (exact) mass is 447 g/mol. The quantitative estimate of drug-likeness (QED) is 0.452. The highest BCUT2D eigenvalue weighted by atomic mass is 32.1. The van der Waals surface area contributed by atoms with Gasteiger partial charge in [-0.3, -0.25) is 24.6 Å². The smallest absolute Gasteiger partial charge is 0.261 e. The number of benzene rings is 2. The van der Waals surface area contributed by atoms with Crippen LogP contribution in [0.5, 0.6) is 0 Å². The molecule has 1 aliphatic heterocycles. The van der Waals surface area contributed by atoms with Crippen LogP contribution in [0, 0.1) is 5.82 Å². The molecule has 0 saturated heterocycles. The first-order valence-electron chi connectivity index (χ1n) is 9.55. The van der Waals surface area contributed by atoms with Crippen molar-refractivity contribution in [2.24, 2.45) is 0 Å². The Morgan fingerprint density at radius 1 is 1.06 bits per heavy atom. The normalized spacial score (nSPS) is 12.8. The topological polar surface area (TPSA) is 92.5 Å². The van der Waals surface area contributed by atoms with Crippen molar-refractivity contribution in [2.45, 2.75) is 6.54 Å². The summed E-state index contributed by atoms with van der Waals surface area (Å²) in [6, 6.07) is 13.6. The number of nitrogens with zero attached hydrogens (tertiary/aromatic N) is 2. The van der Waals surface area contributed by atoms with E-state index in [4.69, 9.17) is 4.42 Å². The summed E-state index contributed by atoms with van der Waals surface area (Å²) in [6.07, 6.45) is 1.47. The number of imide groups is 1. The minimum atomic E-state index is -0.483. The summed E-state index contributed by atoms with van der Waals surface area (Å²) in [5.74, 6) is -1.23. The van der Waals surface area contributed by atoms with Crippen LogP contribution in [0.2, 0.25) is 0 Å². The van der Waals surface area contributed by atoms with Gasteiger partial charge in [-0.25, -0.2) is 9.37 Å². The molecule has 0 fully saturated rings. The number of halogens is 1. The van der Waals surface area contributed by atoms with Crippen LogP contribution in [0.3, 0.4) is 0 Å². The van der Waals surface area contributed by atoms with Crippen molar-refractivity contribution in [2.75, 3.05) is 5.32 Å². The Balaban J connectivity index is 1.33. The first-order chi connectivity index (χ1) is 15.5. The molecule has 7 nitrogen and oxygen atoms in total. The van der Waals surface area contributed by atoms with Crippen molar-refractivity contribution in [3.05, 3.63) is 94.5 Å². The van der Waals surface area contributed by atoms with Gasteiger partial charge in [-0.2, -0.15) is 0 Å². The van der Waals surface area contributed by atoms with Gasteiger partial charge in [0.1, 0.15) is 11.6 Å². The first-order valence-corrected chi connectivity index (χ1v) is 10.4. The number of aromatic nitrogens is 1. The Kier molecular flexibility index (Phi) is 4.87. The van der Waals surface area contributed by atoms with E-state index >= 15 is 0 Å². The van der Waals surface area contributed by atoms with Gasteiger partial charge in [-0.05, 0) is 54.6 Å². The summed E-state index contributed by atoms with van der Waals surface area (Å²) in [7, 11) is 0. The number of thiazole rings is 1. The summed E-state index contributed by atoms with van der Waals surface area (Å²) in [5, 5.41) is 4.80. The van der Waals surface area contributed by atoms with Crippen LogP contribution in [-0.2, 0) is 6.54 Å². The number of carbonyl (C=O) groups excluding carboxylic acids is 3. The van der Waals surface area contributed by atoms with Gasteiger partial charge in [0.05, 0.1) is 29.6 Å². The highest BCUT2D eigenvalue weighted by molar-refractivity contribution is 7.14. The molecule has 32 heavy (non-hydrogen) atoms.